The Kier molecular flexibility index (Phi) is 4.35. The van der Waals surface area contributed by atoms with Crippen molar-refractivity contribution >= 4 is 11.7 Å². The molecule has 0 saturated heterocycles. The number of nitrogens with zero attached hydrogens (tertiary/aromatic N) is 2. The van der Waals surface area contributed by atoms with Crippen LogP contribution in [0.25, 0.3) is 0 Å². The quantitative estimate of drug-likeness (QED) is 0.907. The standard InChI is InChI=1S/C16H18N2O2/c1-12-6-7-15(14(11-12)16(19)20)18(2)10-8-13-5-3-4-9-17-13/h3-7,9,11H,8,10H2,1-2H3,(H,19,20). The number of aromatic carboxylic acids is 1. The summed E-state index contributed by atoms with van der Waals surface area (Å²) in [5, 5.41) is 9.29. The third-order valence-electron chi connectivity index (χ3n) is 3.22. The number of aryl methyl sites for hydroxylation is 1. The molecule has 0 radical (unpaired) electrons. The largest absolute Gasteiger partial charge is 0.478 e. The molecule has 0 atom stereocenters. The van der Waals surface area contributed by atoms with E-state index in [0.29, 0.717) is 5.56 Å². The summed E-state index contributed by atoms with van der Waals surface area (Å²) in [4.78, 5) is 17.5. The highest BCUT2D eigenvalue weighted by Crippen LogP contribution is 2.21. The zero-order chi connectivity index (χ0) is 14.5. The fourth-order valence-electron chi connectivity index (χ4n) is 2.10. The topological polar surface area (TPSA) is 53.4 Å². The molecule has 0 aliphatic rings. The average molecular weight is 270 g/mol. The predicted octanol–water partition coefficient (Wildman–Crippen LogP) is 2.77. The van der Waals surface area contributed by atoms with Crippen molar-refractivity contribution in [2.24, 2.45) is 0 Å². The summed E-state index contributed by atoms with van der Waals surface area (Å²) in [5.41, 5.74) is 3.03. The molecule has 4 heteroatoms. The number of hydrogen-bond donors (Lipinski definition) is 1. The first-order chi connectivity index (χ1) is 9.58. The van der Waals surface area contributed by atoms with E-state index >= 15 is 0 Å². The summed E-state index contributed by atoms with van der Waals surface area (Å²) in [6, 6.07) is 11.3. The molecule has 0 aliphatic carbocycles. The molecule has 4 nitrogen and oxygen atoms in total. The van der Waals surface area contributed by atoms with E-state index in [1.807, 2.05) is 49.2 Å². The van der Waals surface area contributed by atoms with Crippen molar-refractivity contribution < 1.29 is 9.90 Å². The second-order valence-electron chi connectivity index (χ2n) is 4.82. The number of benzene rings is 1. The zero-order valence-electron chi connectivity index (χ0n) is 11.7. The van der Waals surface area contributed by atoms with Gasteiger partial charge >= 0.3 is 5.97 Å². The highest BCUT2D eigenvalue weighted by atomic mass is 16.4. The molecule has 1 aromatic carbocycles. The molecular formula is C16H18N2O2. The predicted molar refractivity (Wildman–Crippen MR) is 79.3 cm³/mol. The summed E-state index contributed by atoms with van der Waals surface area (Å²) < 4.78 is 0. The molecule has 0 amide bonds. The van der Waals surface area contributed by atoms with Gasteiger partial charge < -0.3 is 10.0 Å². The first-order valence-corrected chi connectivity index (χ1v) is 6.53. The summed E-state index contributed by atoms with van der Waals surface area (Å²) in [6.07, 6.45) is 2.55. The lowest BCUT2D eigenvalue weighted by atomic mass is 10.1. The van der Waals surface area contributed by atoms with Gasteiger partial charge in [0.05, 0.1) is 11.3 Å². The number of rotatable bonds is 5. The van der Waals surface area contributed by atoms with Gasteiger partial charge in [0, 0.05) is 31.9 Å². The van der Waals surface area contributed by atoms with E-state index in [-0.39, 0.29) is 0 Å². The van der Waals surface area contributed by atoms with Gasteiger partial charge in [-0.3, -0.25) is 4.98 Å². The fourth-order valence-corrected chi connectivity index (χ4v) is 2.10. The van der Waals surface area contributed by atoms with Crippen LogP contribution >= 0.6 is 0 Å². The Labute approximate surface area is 118 Å². The van der Waals surface area contributed by atoms with Crippen LogP contribution in [0.4, 0.5) is 5.69 Å². The van der Waals surface area contributed by atoms with Gasteiger partial charge in [0.1, 0.15) is 0 Å². The lowest BCUT2D eigenvalue weighted by Gasteiger charge is -2.21. The molecule has 1 N–H and O–H groups in total. The Balaban J connectivity index is 2.13. The van der Waals surface area contributed by atoms with Gasteiger partial charge in [-0.1, -0.05) is 17.7 Å². The number of likely N-dealkylation sites (N-methyl/N-ethyl adjacent to an activating group) is 1. The number of pyridine rings is 1. The van der Waals surface area contributed by atoms with Crippen molar-refractivity contribution in [2.45, 2.75) is 13.3 Å². The molecule has 0 spiro atoms. The molecule has 0 unspecified atom stereocenters. The van der Waals surface area contributed by atoms with Gasteiger partial charge in [-0.2, -0.15) is 0 Å². The van der Waals surface area contributed by atoms with Crippen molar-refractivity contribution in [3.63, 3.8) is 0 Å². The molecular weight excluding hydrogens is 252 g/mol. The lowest BCUT2D eigenvalue weighted by molar-refractivity contribution is 0.0697. The molecule has 1 aromatic heterocycles. The van der Waals surface area contributed by atoms with Crippen molar-refractivity contribution in [3.05, 3.63) is 59.4 Å². The Morgan fingerprint density at radius 2 is 2.10 bits per heavy atom. The van der Waals surface area contributed by atoms with Crippen LogP contribution in [0.3, 0.4) is 0 Å². The Bertz CT molecular complexity index is 597. The van der Waals surface area contributed by atoms with Crippen LogP contribution in [0.15, 0.2) is 42.6 Å². The molecule has 0 bridgehead atoms. The van der Waals surface area contributed by atoms with E-state index in [0.717, 1.165) is 29.9 Å². The Hall–Kier alpha value is -2.36. The van der Waals surface area contributed by atoms with Crippen molar-refractivity contribution in [3.8, 4) is 0 Å². The molecule has 2 aromatic rings. The number of aromatic nitrogens is 1. The second kappa shape index (κ2) is 6.19. The number of carboxylic acids is 1. The average Bonchev–Trinajstić information content (AvgIpc) is 2.45. The van der Waals surface area contributed by atoms with Crippen LogP contribution in [0.1, 0.15) is 21.6 Å². The zero-order valence-corrected chi connectivity index (χ0v) is 11.7. The highest BCUT2D eigenvalue weighted by Gasteiger charge is 2.13. The first-order valence-electron chi connectivity index (χ1n) is 6.53. The van der Waals surface area contributed by atoms with Gasteiger partial charge in [-0.05, 0) is 31.2 Å². The first kappa shape index (κ1) is 14.1. The molecule has 0 aliphatic heterocycles. The molecule has 1 heterocycles. The van der Waals surface area contributed by atoms with E-state index in [2.05, 4.69) is 4.98 Å². The van der Waals surface area contributed by atoms with Gasteiger partial charge in [-0.25, -0.2) is 4.79 Å². The van der Waals surface area contributed by atoms with E-state index in [1.54, 1.807) is 12.3 Å². The third kappa shape index (κ3) is 3.35. The van der Waals surface area contributed by atoms with Crippen LogP contribution in [0, 0.1) is 6.92 Å². The van der Waals surface area contributed by atoms with E-state index in [1.165, 1.54) is 0 Å². The maximum absolute atomic E-state index is 11.3. The SMILES string of the molecule is Cc1ccc(N(C)CCc2ccccn2)c(C(=O)O)c1. The molecule has 2 rings (SSSR count). The van der Waals surface area contributed by atoms with Gasteiger partial charge in [0.25, 0.3) is 0 Å². The van der Waals surface area contributed by atoms with Gasteiger partial charge in [0.15, 0.2) is 0 Å². The van der Waals surface area contributed by atoms with Crippen LogP contribution in [0.5, 0.6) is 0 Å². The minimum atomic E-state index is -0.895. The van der Waals surface area contributed by atoms with Crippen molar-refractivity contribution in [2.75, 3.05) is 18.5 Å². The van der Waals surface area contributed by atoms with Crippen LogP contribution in [-0.2, 0) is 6.42 Å². The normalized spacial score (nSPS) is 10.3. The summed E-state index contributed by atoms with van der Waals surface area (Å²) >= 11 is 0. The lowest BCUT2D eigenvalue weighted by Crippen LogP contribution is -2.23. The van der Waals surface area contributed by atoms with Crippen LogP contribution in [-0.4, -0.2) is 29.7 Å². The van der Waals surface area contributed by atoms with Crippen LogP contribution in [0.2, 0.25) is 0 Å². The van der Waals surface area contributed by atoms with Gasteiger partial charge in [-0.15, -0.1) is 0 Å². The minimum absolute atomic E-state index is 0.341. The summed E-state index contributed by atoms with van der Waals surface area (Å²) in [7, 11) is 1.90. The molecule has 0 saturated carbocycles. The van der Waals surface area contributed by atoms with Crippen molar-refractivity contribution in [1.29, 1.82) is 0 Å². The van der Waals surface area contributed by atoms with Crippen LogP contribution < -0.4 is 4.90 Å². The third-order valence-corrected chi connectivity index (χ3v) is 3.22. The summed E-state index contributed by atoms with van der Waals surface area (Å²) in [6.45, 7) is 2.62. The molecule has 20 heavy (non-hydrogen) atoms. The highest BCUT2D eigenvalue weighted by molar-refractivity contribution is 5.94. The number of anilines is 1. The van der Waals surface area contributed by atoms with E-state index < -0.39 is 5.97 Å². The fraction of sp³-hybridized carbons (Fsp3) is 0.250. The summed E-state index contributed by atoms with van der Waals surface area (Å²) in [5.74, 6) is -0.895. The van der Waals surface area contributed by atoms with Gasteiger partial charge in [0.2, 0.25) is 0 Å². The van der Waals surface area contributed by atoms with Crippen molar-refractivity contribution in [1.82, 2.24) is 4.98 Å². The van der Waals surface area contributed by atoms with E-state index in [4.69, 9.17) is 0 Å². The maximum Gasteiger partial charge on any atom is 0.337 e. The molecule has 0 fully saturated rings. The number of carbonyl (C=O) groups is 1. The molecule has 104 valence electrons. The van der Waals surface area contributed by atoms with E-state index in [9.17, 15) is 9.90 Å². The Morgan fingerprint density at radius 3 is 2.75 bits per heavy atom. The monoisotopic (exact) mass is 270 g/mol. The second-order valence-corrected chi connectivity index (χ2v) is 4.82. The smallest absolute Gasteiger partial charge is 0.337 e. The minimum Gasteiger partial charge on any atom is -0.478 e. The number of carboxylic acid groups (broad SMARTS) is 1. The number of hydrogen-bond acceptors (Lipinski definition) is 3. The Morgan fingerprint density at radius 1 is 1.30 bits per heavy atom. The maximum atomic E-state index is 11.3.